The monoisotopic (exact) mass is 611 g/mol. The van der Waals surface area contributed by atoms with Crippen molar-refractivity contribution in [3.05, 3.63) is 59.9 Å². The summed E-state index contributed by atoms with van der Waals surface area (Å²) in [5.41, 5.74) is 0.853. The molecule has 2 bridgehead atoms. The lowest BCUT2D eigenvalue weighted by atomic mass is 10.0. The zero-order valence-corrected chi connectivity index (χ0v) is 25.4. The van der Waals surface area contributed by atoms with Crippen LogP contribution in [-0.2, 0) is 20.9 Å². The number of hydrogen-bond acceptors (Lipinski definition) is 7. The number of carbonyl (C=O) groups excluding carboxylic acids is 3. The molecule has 2 aromatic carbocycles. The van der Waals surface area contributed by atoms with E-state index in [1.165, 1.54) is 4.90 Å². The van der Waals surface area contributed by atoms with Gasteiger partial charge in [0.25, 0.3) is 5.91 Å². The van der Waals surface area contributed by atoms with E-state index in [-0.39, 0.29) is 38.1 Å². The Morgan fingerprint density at radius 1 is 1.14 bits per heavy atom. The summed E-state index contributed by atoms with van der Waals surface area (Å²) >= 11 is 6.17. The highest BCUT2D eigenvalue weighted by atomic mass is 35.5. The molecule has 0 saturated heterocycles. The summed E-state index contributed by atoms with van der Waals surface area (Å²) in [5, 5.41) is 6.12. The van der Waals surface area contributed by atoms with Crippen LogP contribution in [0.2, 0.25) is 5.02 Å². The molecule has 12 heteroatoms. The van der Waals surface area contributed by atoms with Crippen LogP contribution in [0.4, 0.5) is 0 Å². The number of hydrogen-bond donors (Lipinski definition) is 2. The van der Waals surface area contributed by atoms with Gasteiger partial charge in [0, 0.05) is 37.6 Å². The smallest absolute Gasteiger partial charge is 0.260 e. The number of amides is 3. The molecule has 0 fully saturated rings. The van der Waals surface area contributed by atoms with Gasteiger partial charge in [0.15, 0.2) is 18.1 Å². The highest BCUT2D eigenvalue weighted by molar-refractivity contribution is 6.32. The van der Waals surface area contributed by atoms with Gasteiger partial charge in [-0.1, -0.05) is 37.6 Å². The molecule has 11 nitrogen and oxygen atoms in total. The number of para-hydroxylation sites is 1. The van der Waals surface area contributed by atoms with E-state index in [0.717, 1.165) is 11.4 Å². The summed E-state index contributed by atoms with van der Waals surface area (Å²) in [6.45, 7) is 4.66. The van der Waals surface area contributed by atoms with Crippen LogP contribution in [0.1, 0.15) is 26.7 Å². The van der Waals surface area contributed by atoms with Gasteiger partial charge < -0.3 is 34.3 Å². The molecule has 3 amide bonds. The van der Waals surface area contributed by atoms with Gasteiger partial charge in [-0.3, -0.25) is 14.4 Å². The number of nitrogens with zero attached hydrogens (tertiary/aromatic N) is 3. The number of rotatable bonds is 5. The van der Waals surface area contributed by atoms with Crippen molar-refractivity contribution in [3.8, 4) is 28.6 Å². The van der Waals surface area contributed by atoms with Gasteiger partial charge in [-0.05, 0) is 49.1 Å². The molecular formula is C31H38ClN5O6. The number of halogens is 1. The highest BCUT2D eigenvalue weighted by Gasteiger charge is 2.26. The summed E-state index contributed by atoms with van der Waals surface area (Å²) in [6.07, 6.45) is 4.70. The molecular weight excluding hydrogens is 574 g/mol. The Bertz CT molecular complexity index is 1410. The number of fused-ring (bicyclic) bond motifs is 4. The van der Waals surface area contributed by atoms with Crippen LogP contribution in [0, 0.1) is 5.92 Å². The SMILES string of the molecule is COc1ccc2cc1OCCCN(C(=O)COc1ccccc1Cl)CC(=O)N[C@H](C(C)C)C(=O)NCCCn1ccnc1-2. The minimum Gasteiger partial charge on any atom is -0.493 e. The maximum Gasteiger partial charge on any atom is 0.260 e. The first kappa shape index (κ1) is 31.7. The number of aryl methyl sites for hydroxylation is 1. The third kappa shape index (κ3) is 8.63. The molecule has 0 saturated carbocycles. The quantitative estimate of drug-likeness (QED) is 0.452. The molecule has 2 heterocycles. The number of benzene rings is 2. The predicted octanol–water partition coefficient (Wildman–Crippen LogP) is 3.55. The molecule has 0 radical (unpaired) electrons. The molecule has 1 aromatic heterocycles. The van der Waals surface area contributed by atoms with Gasteiger partial charge in [-0.15, -0.1) is 0 Å². The van der Waals surface area contributed by atoms with Crippen LogP contribution in [0.5, 0.6) is 17.2 Å². The molecule has 1 atom stereocenters. The second-order valence-corrected chi connectivity index (χ2v) is 10.9. The van der Waals surface area contributed by atoms with Gasteiger partial charge in [-0.2, -0.15) is 0 Å². The molecule has 2 N–H and O–H groups in total. The van der Waals surface area contributed by atoms with Crippen molar-refractivity contribution in [1.29, 1.82) is 0 Å². The van der Waals surface area contributed by atoms with E-state index < -0.39 is 17.9 Å². The van der Waals surface area contributed by atoms with Crippen LogP contribution in [-0.4, -0.2) is 78.2 Å². The average molecular weight is 612 g/mol. The molecule has 1 aliphatic heterocycles. The maximum absolute atomic E-state index is 13.2. The largest absolute Gasteiger partial charge is 0.493 e. The maximum atomic E-state index is 13.2. The molecule has 0 aliphatic carbocycles. The third-order valence-electron chi connectivity index (χ3n) is 6.98. The molecule has 4 rings (SSSR count). The number of methoxy groups -OCH3 is 1. The van der Waals surface area contributed by atoms with Crippen molar-refractivity contribution in [2.75, 3.05) is 40.0 Å². The Balaban J connectivity index is 1.55. The number of imidazole rings is 1. The predicted molar refractivity (Wildman–Crippen MR) is 162 cm³/mol. The summed E-state index contributed by atoms with van der Waals surface area (Å²) in [6, 6.07) is 11.7. The number of aromatic nitrogens is 2. The van der Waals surface area contributed by atoms with Gasteiger partial charge in [0.2, 0.25) is 11.8 Å². The second kappa shape index (κ2) is 15.3. The Morgan fingerprint density at radius 3 is 2.72 bits per heavy atom. The molecule has 0 spiro atoms. The number of ether oxygens (including phenoxy) is 3. The fraction of sp³-hybridized carbons (Fsp3) is 0.419. The summed E-state index contributed by atoms with van der Waals surface area (Å²) in [7, 11) is 1.57. The van der Waals surface area contributed by atoms with Crippen LogP contribution in [0.3, 0.4) is 0 Å². The van der Waals surface area contributed by atoms with Crippen molar-refractivity contribution in [3.63, 3.8) is 0 Å². The first-order chi connectivity index (χ1) is 20.8. The molecule has 43 heavy (non-hydrogen) atoms. The van der Waals surface area contributed by atoms with E-state index in [1.54, 1.807) is 37.6 Å². The zero-order chi connectivity index (χ0) is 30.8. The van der Waals surface area contributed by atoms with Gasteiger partial charge in [-0.25, -0.2) is 4.98 Å². The second-order valence-electron chi connectivity index (χ2n) is 10.5. The van der Waals surface area contributed by atoms with Crippen molar-refractivity contribution in [1.82, 2.24) is 25.1 Å². The van der Waals surface area contributed by atoms with Crippen molar-refractivity contribution in [2.24, 2.45) is 5.92 Å². The molecule has 0 unspecified atom stereocenters. The fourth-order valence-corrected chi connectivity index (χ4v) is 4.89. The minimum atomic E-state index is -0.757. The summed E-state index contributed by atoms with van der Waals surface area (Å²) < 4.78 is 19.3. The molecule has 1 aliphatic rings. The average Bonchev–Trinajstić information content (AvgIpc) is 3.46. The van der Waals surface area contributed by atoms with Gasteiger partial charge in [0.05, 0.1) is 25.3 Å². The van der Waals surface area contributed by atoms with E-state index >= 15 is 0 Å². The zero-order valence-electron chi connectivity index (χ0n) is 24.7. The lowest BCUT2D eigenvalue weighted by molar-refractivity contribution is -0.138. The Labute approximate surface area is 256 Å². The van der Waals surface area contributed by atoms with Crippen molar-refractivity contribution < 1.29 is 28.6 Å². The Hall–Kier alpha value is -4.25. The van der Waals surface area contributed by atoms with Crippen LogP contribution in [0.15, 0.2) is 54.9 Å². The van der Waals surface area contributed by atoms with Gasteiger partial charge in [0.1, 0.15) is 17.6 Å². The van der Waals surface area contributed by atoms with E-state index in [4.69, 9.17) is 25.8 Å². The number of nitrogens with one attached hydrogen (secondary N) is 2. The standard InChI is InChI=1S/C31H38ClN5O6/c1-21(2)29-31(40)34-12-6-14-36-16-13-33-30(36)22-10-11-25(41-3)26(18-22)42-17-7-15-37(19-27(38)35-29)28(39)20-43-24-9-5-4-8-23(24)32/h4-5,8-11,13,16,18,21,29H,6-7,12,14-15,17,19-20H2,1-3H3,(H,34,40)(H,35,38)/t29-/m1/s1. The normalized spacial score (nSPS) is 17.0. The Morgan fingerprint density at radius 2 is 1.95 bits per heavy atom. The lowest BCUT2D eigenvalue weighted by Crippen LogP contribution is -2.53. The molecule has 230 valence electrons. The van der Waals surface area contributed by atoms with E-state index in [2.05, 4.69) is 15.6 Å². The topological polar surface area (TPSA) is 124 Å². The van der Waals surface area contributed by atoms with E-state index in [1.807, 2.05) is 42.8 Å². The highest BCUT2D eigenvalue weighted by Crippen LogP contribution is 2.32. The Kier molecular flexibility index (Phi) is 11.3. The third-order valence-corrected chi connectivity index (χ3v) is 7.30. The van der Waals surface area contributed by atoms with Crippen molar-refractivity contribution >= 4 is 29.3 Å². The first-order valence-electron chi connectivity index (χ1n) is 14.3. The van der Waals surface area contributed by atoms with Crippen LogP contribution >= 0.6 is 11.6 Å². The summed E-state index contributed by atoms with van der Waals surface area (Å²) in [5.74, 6) is 0.939. The van der Waals surface area contributed by atoms with Gasteiger partial charge >= 0.3 is 0 Å². The van der Waals surface area contributed by atoms with Crippen LogP contribution in [0.25, 0.3) is 11.4 Å². The molecule has 3 aromatic rings. The number of carbonyl (C=O) groups is 3. The van der Waals surface area contributed by atoms with E-state index in [0.29, 0.717) is 48.2 Å². The van der Waals surface area contributed by atoms with E-state index in [9.17, 15) is 14.4 Å². The lowest BCUT2D eigenvalue weighted by Gasteiger charge is -2.26. The minimum absolute atomic E-state index is 0.166. The summed E-state index contributed by atoms with van der Waals surface area (Å²) in [4.78, 5) is 45.3. The van der Waals surface area contributed by atoms with Crippen LogP contribution < -0.4 is 24.8 Å². The van der Waals surface area contributed by atoms with Crippen molar-refractivity contribution in [2.45, 2.75) is 39.3 Å². The fourth-order valence-electron chi connectivity index (χ4n) is 4.70. The first-order valence-corrected chi connectivity index (χ1v) is 14.7.